The van der Waals surface area contributed by atoms with E-state index in [1.807, 2.05) is 76.4 Å². The summed E-state index contributed by atoms with van der Waals surface area (Å²) in [7, 11) is 0. The molecule has 0 fully saturated rings. The van der Waals surface area contributed by atoms with Gasteiger partial charge in [-0.1, -0.05) is 34.6 Å². The highest BCUT2D eigenvalue weighted by Gasteiger charge is 2.05. The summed E-state index contributed by atoms with van der Waals surface area (Å²) >= 11 is 0. The molecule has 2 N–H and O–H groups in total. The van der Waals surface area contributed by atoms with Gasteiger partial charge in [-0.25, -0.2) is 0 Å². The molecule has 32 heavy (non-hydrogen) atoms. The lowest BCUT2D eigenvalue weighted by Gasteiger charge is -2.06. The Morgan fingerprint density at radius 1 is 0.719 bits per heavy atom. The Bertz CT molecular complexity index is 942. The van der Waals surface area contributed by atoms with Gasteiger partial charge in [-0.05, 0) is 23.3 Å². The monoisotopic (exact) mass is 478 g/mol. The fraction of sp³-hybridized carbons (Fsp3) is 0.182. The normalized spacial score (nSPS) is 10.8. The SMILES string of the molecule is O/N=C/c1ccc[n+](COCc2cccc(COC[n+]3cccc(/C=N/O)c3)c2)c1.[Cl-].[Cl-]. The van der Waals surface area contributed by atoms with Crippen LogP contribution in [0.4, 0.5) is 0 Å². The van der Waals surface area contributed by atoms with Crippen LogP contribution < -0.4 is 33.9 Å². The Balaban J connectivity index is 0.00000256. The van der Waals surface area contributed by atoms with Crippen molar-refractivity contribution >= 4 is 12.4 Å². The van der Waals surface area contributed by atoms with Crippen molar-refractivity contribution in [2.75, 3.05) is 0 Å². The van der Waals surface area contributed by atoms with Gasteiger partial charge in [0.15, 0.2) is 24.8 Å². The summed E-state index contributed by atoms with van der Waals surface area (Å²) in [4.78, 5) is 0. The molecule has 0 aliphatic rings. The van der Waals surface area contributed by atoms with Crippen LogP contribution in [0.2, 0.25) is 0 Å². The second-order valence-electron chi connectivity index (χ2n) is 6.57. The molecule has 0 saturated carbocycles. The quantitative estimate of drug-likeness (QED) is 0.135. The van der Waals surface area contributed by atoms with Crippen LogP contribution in [0.15, 0.2) is 83.6 Å². The van der Waals surface area contributed by atoms with E-state index in [4.69, 9.17) is 19.9 Å². The first kappa shape index (κ1) is 27.0. The van der Waals surface area contributed by atoms with Crippen LogP contribution in [0.3, 0.4) is 0 Å². The lowest BCUT2D eigenvalue weighted by Crippen LogP contribution is -3.00. The van der Waals surface area contributed by atoms with Crippen molar-refractivity contribution in [1.29, 1.82) is 0 Å². The molecular weight excluding hydrogens is 455 g/mol. The zero-order valence-electron chi connectivity index (χ0n) is 17.2. The van der Waals surface area contributed by atoms with E-state index in [1.165, 1.54) is 12.4 Å². The van der Waals surface area contributed by atoms with Crippen molar-refractivity contribution in [3.63, 3.8) is 0 Å². The van der Waals surface area contributed by atoms with Crippen LogP contribution >= 0.6 is 0 Å². The van der Waals surface area contributed by atoms with E-state index in [0.29, 0.717) is 26.7 Å². The van der Waals surface area contributed by atoms with Crippen LogP contribution in [-0.4, -0.2) is 22.8 Å². The van der Waals surface area contributed by atoms with Gasteiger partial charge in [-0.15, -0.1) is 0 Å². The van der Waals surface area contributed by atoms with Gasteiger partial charge in [0.2, 0.25) is 0 Å². The maximum Gasteiger partial charge on any atom is 0.252 e. The fourth-order valence-electron chi connectivity index (χ4n) is 2.88. The molecule has 0 amide bonds. The zero-order chi connectivity index (χ0) is 21.0. The number of benzene rings is 1. The summed E-state index contributed by atoms with van der Waals surface area (Å²) < 4.78 is 15.3. The molecule has 1 aromatic carbocycles. The van der Waals surface area contributed by atoms with Crippen LogP contribution in [-0.2, 0) is 36.1 Å². The lowest BCUT2D eigenvalue weighted by molar-refractivity contribution is -0.733. The zero-order valence-corrected chi connectivity index (χ0v) is 18.7. The van der Waals surface area contributed by atoms with Crippen LogP contribution in [0.5, 0.6) is 0 Å². The minimum Gasteiger partial charge on any atom is -1.00 e. The van der Waals surface area contributed by atoms with E-state index in [-0.39, 0.29) is 24.8 Å². The number of halogens is 2. The Hall–Kier alpha value is -3.04. The maximum atomic E-state index is 8.62. The predicted molar refractivity (Wildman–Crippen MR) is 108 cm³/mol. The van der Waals surface area contributed by atoms with Gasteiger partial charge in [0, 0.05) is 12.1 Å². The average molecular weight is 479 g/mol. The van der Waals surface area contributed by atoms with E-state index in [1.54, 1.807) is 0 Å². The molecule has 0 aliphatic carbocycles. The molecule has 0 atom stereocenters. The topological polar surface area (TPSA) is 91.4 Å². The van der Waals surface area contributed by atoms with Crippen molar-refractivity contribution in [1.82, 2.24) is 0 Å². The van der Waals surface area contributed by atoms with Crippen molar-refractivity contribution in [2.24, 2.45) is 10.3 Å². The molecule has 2 heterocycles. The highest BCUT2D eigenvalue weighted by Crippen LogP contribution is 2.08. The van der Waals surface area contributed by atoms with Gasteiger partial charge in [0.25, 0.3) is 13.5 Å². The molecule has 10 heteroatoms. The van der Waals surface area contributed by atoms with Gasteiger partial charge in [0.05, 0.1) is 36.8 Å². The van der Waals surface area contributed by atoms with E-state index in [2.05, 4.69) is 16.4 Å². The highest BCUT2D eigenvalue weighted by molar-refractivity contribution is 5.78. The van der Waals surface area contributed by atoms with Crippen molar-refractivity contribution in [3.05, 3.63) is 95.6 Å². The summed E-state index contributed by atoms with van der Waals surface area (Å²) in [5, 5.41) is 23.3. The third kappa shape index (κ3) is 8.99. The summed E-state index contributed by atoms with van der Waals surface area (Å²) in [6.07, 6.45) is 10.2. The van der Waals surface area contributed by atoms with Crippen molar-refractivity contribution in [3.8, 4) is 0 Å². The fourth-order valence-corrected chi connectivity index (χ4v) is 2.88. The molecule has 0 spiro atoms. The number of hydrogen-bond acceptors (Lipinski definition) is 6. The molecule has 2 aromatic heterocycles. The van der Waals surface area contributed by atoms with Crippen LogP contribution in [0.1, 0.15) is 22.3 Å². The summed E-state index contributed by atoms with van der Waals surface area (Å²) in [5.41, 5.74) is 3.68. The number of oxime groups is 2. The second-order valence-corrected chi connectivity index (χ2v) is 6.57. The molecule has 3 aromatic rings. The smallest absolute Gasteiger partial charge is 0.252 e. The predicted octanol–water partition coefficient (Wildman–Crippen LogP) is -3.77. The van der Waals surface area contributed by atoms with Crippen molar-refractivity contribution in [2.45, 2.75) is 26.7 Å². The molecule has 3 rings (SSSR count). The number of aromatic nitrogens is 2. The first-order chi connectivity index (χ1) is 14.8. The molecule has 0 bridgehead atoms. The Morgan fingerprint density at radius 3 is 1.62 bits per heavy atom. The van der Waals surface area contributed by atoms with Crippen molar-refractivity contribution < 1.29 is 53.8 Å². The standard InChI is InChI=1S/C22H22N4O4.2ClH/c27-23-11-21-6-2-8-25(13-21)17-29-15-19-4-1-5-20(10-19)16-30-18-26-9-3-7-22(14-26)12-24-28;;/h1-14H,15-18H2;2*1H/b23-11+,24-12+;;. The van der Waals surface area contributed by atoms with E-state index < -0.39 is 0 Å². The molecular formula is C22H24Cl2N4O4. The summed E-state index contributed by atoms with van der Waals surface area (Å²) in [6.45, 7) is 1.71. The molecule has 0 saturated heterocycles. The number of hydrogen-bond donors (Lipinski definition) is 2. The van der Waals surface area contributed by atoms with Crippen LogP contribution in [0.25, 0.3) is 0 Å². The Morgan fingerprint density at radius 2 is 1.19 bits per heavy atom. The van der Waals surface area contributed by atoms with Gasteiger partial charge in [-0.2, -0.15) is 9.13 Å². The maximum absolute atomic E-state index is 8.62. The first-order valence-corrected chi connectivity index (χ1v) is 9.33. The minimum absolute atomic E-state index is 0. The van der Waals surface area contributed by atoms with Gasteiger partial charge in [0.1, 0.15) is 0 Å². The summed E-state index contributed by atoms with van der Waals surface area (Å²) in [5.74, 6) is 0. The van der Waals surface area contributed by atoms with E-state index >= 15 is 0 Å². The highest BCUT2D eigenvalue weighted by atomic mass is 35.5. The second kappa shape index (κ2) is 14.9. The molecule has 0 radical (unpaired) electrons. The molecule has 0 aliphatic heterocycles. The van der Waals surface area contributed by atoms with Gasteiger partial charge >= 0.3 is 0 Å². The average Bonchev–Trinajstić information content (AvgIpc) is 2.75. The van der Waals surface area contributed by atoms with E-state index in [0.717, 1.165) is 22.3 Å². The Kier molecular flexibility index (Phi) is 12.5. The van der Waals surface area contributed by atoms with Gasteiger partial charge < -0.3 is 44.7 Å². The number of rotatable bonds is 10. The van der Waals surface area contributed by atoms with Crippen LogP contribution in [0, 0.1) is 0 Å². The largest absolute Gasteiger partial charge is 1.00 e. The molecule has 170 valence electrons. The summed E-state index contributed by atoms with van der Waals surface area (Å²) in [6, 6.07) is 15.5. The molecule has 8 nitrogen and oxygen atoms in total. The number of ether oxygens (including phenoxy) is 2. The number of nitrogens with zero attached hydrogens (tertiary/aromatic N) is 4. The van der Waals surface area contributed by atoms with E-state index in [9.17, 15) is 0 Å². The lowest BCUT2D eigenvalue weighted by atomic mass is 10.1. The third-order valence-electron chi connectivity index (χ3n) is 4.19. The minimum atomic E-state index is 0. The molecule has 0 unspecified atom stereocenters. The van der Waals surface area contributed by atoms with Gasteiger partial charge in [-0.3, -0.25) is 0 Å². The Labute approximate surface area is 198 Å². The first-order valence-electron chi connectivity index (χ1n) is 9.33. The number of pyridine rings is 2. The third-order valence-corrected chi connectivity index (χ3v) is 4.19.